The molecule has 2 aliphatic rings. The Balaban J connectivity index is 1.80. The Bertz CT molecular complexity index is 910. The molecule has 1 aromatic carbocycles. The van der Waals surface area contributed by atoms with Gasteiger partial charge in [-0.1, -0.05) is 18.2 Å². The molecule has 2 amide bonds. The van der Waals surface area contributed by atoms with Gasteiger partial charge in [-0.25, -0.2) is 9.29 Å². The molecule has 4 rings (SSSR count). The van der Waals surface area contributed by atoms with Crippen LogP contribution in [-0.2, 0) is 9.59 Å². The second-order valence-electron chi connectivity index (χ2n) is 6.73. The molecule has 1 unspecified atom stereocenters. The molecule has 0 aliphatic carbocycles. The van der Waals surface area contributed by atoms with Crippen molar-refractivity contribution in [1.82, 2.24) is 4.90 Å². The summed E-state index contributed by atoms with van der Waals surface area (Å²) in [5, 5.41) is 11.4. The Morgan fingerprint density at radius 1 is 1.15 bits per heavy atom. The number of imide groups is 1. The molecule has 1 fully saturated rings. The van der Waals surface area contributed by atoms with Crippen molar-refractivity contribution in [3.63, 3.8) is 0 Å². The number of benzene rings is 1. The number of nitrogens with zero attached hydrogens (tertiary/aromatic N) is 2. The maximum atomic E-state index is 14.3. The van der Waals surface area contributed by atoms with Gasteiger partial charge in [0.15, 0.2) is 0 Å². The zero-order valence-corrected chi connectivity index (χ0v) is 15.4. The van der Waals surface area contributed by atoms with Crippen molar-refractivity contribution in [2.45, 2.75) is 12.8 Å². The lowest BCUT2D eigenvalue weighted by Gasteiger charge is -2.34. The summed E-state index contributed by atoms with van der Waals surface area (Å²) in [6.07, 6.45) is 1.71. The number of rotatable bonds is 4. The SMILES string of the molecule is O=C1C(c2cccs2)=C(N2CCCC(CO)C2)C(=O)N1c1ccccc1F. The first-order chi connectivity index (χ1) is 13.1. The number of carbonyl (C=O) groups is 2. The van der Waals surface area contributed by atoms with Gasteiger partial charge in [-0.2, -0.15) is 0 Å². The number of halogens is 1. The van der Waals surface area contributed by atoms with Crippen molar-refractivity contribution in [3.8, 4) is 0 Å². The molecular formula is C20H19FN2O3S. The van der Waals surface area contributed by atoms with Crippen LogP contribution in [0.3, 0.4) is 0 Å². The minimum absolute atomic E-state index is 0.0349. The highest BCUT2D eigenvalue weighted by Crippen LogP contribution is 2.38. The first-order valence-corrected chi connectivity index (χ1v) is 9.77. The lowest BCUT2D eigenvalue weighted by atomic mass is 9.98. The first kappa shape index (κ1) is 17.9. The molecule has 0 spiro atoms. The Kier molecular flexibility index (Phi) is 4.80. The van der Waals surface area contributed by atoms with Crippen molar-refractivity contribution in [2.75, 3.05) is 24.6 Å². The number of carbonyl (C=O) groups excluding carboxylic acids is 2. The molecule has 2 aliphatic heterocycles. The molecule has 2 aromatic rings. The summed E-state index contributed by atoms with van der Waals surface area (Å²) < 4.78 is 14.3. The van der Waals surface area contributed by atoms with Crippen LogP contribution in [0.25, 0.3) is 5.57 Å². The summed E-state index contributed by atoms with van der Waals surface area (Å²) in [7, 11) is 0. The molecule has 3 heterocycles. The summed E-state index contributed by atoms with van der Waals surface area (Å²) in [4.78, 5) is 29.9. The van der Waals surface area contributed by atoms with Crippen LogP contribution in [0.4, 0.5) is 10.1 Å². The zero-order chi connectivity index (χ0) is 19.0. The van der Waals surface area contributed by atoms with E-state index in [1.165, 1.54) is 29.5 Å². The van der Waals surface area contributed by atoms with Crippen molar-refractivity contribution >= 4 is 34.4 Å². The van der Waals surface area contributed by atoms with E-state index >= 15 is 0 Å². The molecule has 1 saturated heterocycles. The van der Waals surface area contributed by atoms with Gasteiger partial charge in [-0.3, -0.25) is 9.59 Å². The van der Waals surface area contributed by atoms with Crippen molar-refractivity contribution in [2.24, 2.45) is 5.92 Å². The minimum Gasteiger partial charge on any atom is -0.396 e. The largest absolute Gasteiger partial charge is 0.396 e. The van der Waals surface area contributed by atoms with Crippen molar-refractivity contribution < 1.29 is 19.1 Å². The van der Waals surface area contributed by atoms with Gasteiger partial charge in [-0.05, 0) is 42.3 Å². The molecule has 7 heteroatoms. The quantitative estimate of drug-likeness (QED) is 0.821. The fraction of sp³-hybridized carbons (Fsp3) is 0.300. The second-order valence-corrected chi connectivity index (χ2v) is 7.68. The van der Waals surface area contributed by atoms with Crippen molar-refractivity contribution in [1.29, 1.82) is 0 Å². The molecule has 1 N–H and O–H groups in total. The van der Waals surface area contributed by atoms with Gasteiger partial charge < -0.3 is 10.0 Å². The maximum Gasteiger partial charge on any atom is 0.282 e. The predicted octanol–water partition coefficient (Wildman–Crippen LogP) is 2.88. The van der Waals surface area contributed by atoms with Gasteiger partial charge in [0.05, 0.1) is 11.3 Å². The average Bonchev–Trinajstić information content (AvgIpc) is 3.29. The highest BCUT2D eigenvalue weighted by atomic mass is 32.1. The number of para-hydroxylation sites is 1. The number of piperidine rings is 1. The van der Waals surface area contributed by atoms with E-state index in [0.717, 1.165) is 17.7 Å². The highest BCUT2D eigenvalue weighted by molar-refractivity contribution is 7.11. The van der Waals surface area contributed by atoms with E-state index in [0.29, 0.717) is 29.2 Å². The minimum atomic E-state index is -0.613. The Morgan fingerprint density at radius 3 is 2.67 bits per heavy atom. The van der Waals surface area contributed by atoms with Crippen LogP contribution >= 0.6 is 11.3 Å². The number of aliphatic hydroxyl groups excluding tert-OH is 1. The maximum absolute atomic E-state index is 14.3. The molecule has 1 aromatic heterocycles. The van der Waals surface area contributed by atoms with E-state index in [1.807, 2.05) is 16.3 Å². The molecular weight excluding hydrogens is 367 g/mol. The van der Waals surface area contributed by atoms with E-state index in [1.54, 1.807) is 12.1 Å². The fourth-order valence-corrected chi connectivity index (χ4v) is 4.49. The van der Waals surface area contributed by atoms with Crippen LogP contribution in [0.5, 0.6) is 0 Å². The number of anilines is 1. The summed E-state index contributed by atoms with van der Waals surface area (Å²) >= 11 is 1.37. The predicted molar refractivity (Wildman–Crippen MR) is 102 cm³/mol. The molecule has 1 atom stereocenters. The molecule has 0 saturated carbocycles. The van der Waals surface area contributed by atoms with Crippen LogP contribution in [0, 0.1) is 11.7 Å². The monoisotopic (exact) mass is 386 g/mol. The van der Waals surface area contributed by atoms with Gasteiger partial charge in [0.25, 0.3) is 11.8 Å². The molecule has 0 bridgehead atoms. The van der Waals surface area contributed by atoms with Crippen LogP contribution in [0.2, 0.25) is 0 Å². The van der Waals surface area contributed by atoms with Crippen LogP contribution in [0.15, 0.2) is 47.5 Å². The third kappa shape index (κ3) is 3.07. The van der Waals surface area contributed by atoms with E-state index in [9.17, 15) is 19.1 Å². The number of aliphatic hydroxyl groups is 1. The first-order valence-electron chi connectivity index (χ1n) is 8.89. The molecule has 5 nitrogen and oxygen atoms in total. The topological polar surface area (TPSA) is 60.9 Å². The average molecular weight is 386 g/mol. The summed E-state index contributed by atoms with van der Waals surface area (Å²) in [6.45, 7) is 1.17. The van der Waals surface area contributed by atoms with Crippen molar-refractivity contribution in [3.05, 3.63) is 58.2 Å². The third-order valence-electron chi connectivity index (χ3n) is 5.01. The summed E-state index contributed by atoms with van der Waals surface area (Å²) in [5.41, 5.74) is 0.591. The summed E-state index contributed by atoms with van der Waals surface area (Å²) in [5.74, 6) is -1.57. The number of hydrogen-bond donors (Lipinski definition) is 1. The Morgan fingerprint density at radius 2 is 1.96 bits per heavy atom. The van der Waals surface area contributed by atoms with Crippen LogP contribution in [-0.4, -0.2) is 41.5 Å². The zero-order valence-electron chi connectivity index (χ0n) is 14.6. The fourth-order valence-electron chi connectivity index (χ4n) is 3.72. The van der Waals surface area contributed by atoms with Crippen LogP contribution in [0.1, 0.15) is 17.7 Å². The van der Waals surface area contributed by atoms with E-state index in [2.05, 4.69) is 0 Å². The van der Waals surface area contributed by atoms with E-state index in [-0.39, 0.29) is 18.2 Å². The number of thiophene rings is 1. The van der Waals surface area contributed by atoms with Gasteiger partial charge in [0, 0.05) is 24.6 Å². The summed E-state index contributed by atoms with van der Waals surface area (Å²) in [6, 6.07) is 9.41. The smallest absolute Gasteiger partial charge is 0.282 e. The number of hydrogen-bond acceptors (Lipinski definition) is 5. The lowest BCUT2D eigenvalue weighted by Crippen LogP contribution is -2.40. The standard InChI is InChI=1S/C20H19FN2O3S/c21-14-6-1-2-7-15(14)23-19(25)17(16-8-4-10-27-16)18(20(23)26)22-9-3-5-13(11-22)12-24/h1-2,4,6-8,10,13,24H,3,5,9,11-12H2. The second kappa shape index (κ2) is 7.25. The lowest BCUT2D eigenvalue weighted by molar-refractivity contribution is -0.121. The molecule has 27 heavy (non-hydrogen) atoms. The highest BCUT2D eigenvalue weighted by Gasteiger charge is 2.44. The van der Waals surface area contributed by atoms with Gasteiger partial charge >= 0.3 is 0 Å². The third-order valence-corrected chi connectivity index (χ3v) is 5.90. The molecule has 140 valence electrons. The Labute approximate surface area is 160 Å². The van der Waals surface area contributed by atoms with Crippen LogP contribution < -0.4 is 4.90 Å². The van der Waals surface area contributed by atoms with E-state index in [4.69, 9.17) is 0 Å². The van der Waals surface area contributed by atoms with Gasteiger partial charge in [0.2, 0.25) is 0 Å². The van der Waals surface area contributed by atoms with Gasteiger partial charge in [-0.15, -0.1) is 11.3 Å². The number of likely N-dealkylation sites (tertiary alicyclic amines) is 1. The van der Waals surface area contributed by atoms with Gasteiger partial charge in [0.1, 0.15) is 11.5 Å². The Hall–Kier alpha value is -2.51. The normalized spacial score (nSPS) is 20.7. The number of amides is 2. The molecule has 0 radical (unpaired) electrons. The van der Waals surface area contributed by atoms with E-state index < -0.39 is 17.6 Å².